The highest BCUT2D eigenvalue weighted by atomic mass is 35.5. The van der Waals surface area contributed by atoms with Crippen molar-refractivity contribution in [3.05, 3.63) is 68.4 Å². The average molecular weight is 471 g/mol. The lowest BCUT2D eigenvalue weighted by atomic mass is 10.3. The fourth-order valence-corrected chi connectivity index (χ4v) is 6.44. The van der Waals surface area contributed by atoms with Crippen molar-refractivity contribution in [2.24, 2.45) is 0 Å². The predicted molar refractivity (Wildman–Crippen MR) is 115 cm³/mol. The molecule has 0 aliphatic carbocycles. The van der Waals surface area contributed by atoms with Crippen LogP contribution in [0.15, 0.2) is 57.7 Å². The third-order valence-corrected chi connectivity index (χ3v) is 8.58. The van der Waals surface area contributed by atoms with Crippen LogP contribution in [0.2, 0.25) is 9.36 Å². The first-order valence-corrected chi connectivity index (χ1v) is 11.7. The van der Waals surface area contributed by atoms with Gasteiger partial charge in [0.1, 0.15) is 9.23 Å². The van der Waals surface area contributed by atoms with Crippen LogP contribution in [0.5, 0.6) is 0 Å². The van der Waals surface area contributed by atoms with E-state index in [-0.39, 0.29) is 22.3 Å². The number of anilines is 1. The zero-order valence-corrected chi connectivity index (χ0v) is 18.2. The van der Waals surface area contributed by atoms with Crippen LogP contribution in [0.3, 0.4) is 0 Å². The number of sulfonamides is 1. The van der Waals surface area contributed by atoms with Crippen LogP contribution < -0.4 is 10.5 Å². The topological polar surface area (TPSA) is 75.5 Å². The fraction of sp³-hybridized carbons (Fsp3) is 0.222. The minimum atomic E-state index is -3.58. The van der Waals surface area contributed by atoms with Crippen molar-refractivity contribution in [3.63, 3.8) is 0 Å². The van der Waals surface area contributed by atoms with Crippen molar-refractivity contribution in [1.29, 1.82) is 0 Å². The van der Waals surface area contributed by atoms with Crippen LogP contribution in [0.4, 0.5) is 5.69 Å². The molecule has 11 heteroatoms. The Hall–Kier alpha value is -1.91. The van der Waals surface area contributed by atoms with Gasteiger partial charge in [0, 0.05) is 26.2 Å². The van der Waals surface area contributed by atoms with Gasteiger partial charge in [-0.25, -0.2) is 8.42 Å². The lowest BCUT2D eigenvalue weighted by Gasteiger charge is -2.35. The molecule has 0 spiro atoms. The number of hydrogen-bond donors (Lipinski definition) is 0. The minimum Gasteiger partial charge on any atom is -0.366 e. The standard InChI is InChI=1S/C18H16Cl2N4O3S2/c19-15-6-7-16(28-15)29(26,27)23-10-8-22(9-11-23)14-12-21-24(18(25)17(14)20)13-4-2-1-3-5-13/h1-7,12H,8-11H2. The van der Waals surface area contributed by atoms with Crippen LogP contribution in [0, 0.1) is 0 Å². The van der Waals surface area contributed by atoms with Gasteiger partial charge >= 0.3 is 0 Å². The number of aromatic nitrogens is 2. The number of rotatable bonds is 4. The van der Waals surface area contributed by atoms with E-state index in [9.17, 15) is 13.2 Å². The quantitative estimate of drug-likeness (QED) is 0.585. The van der Waals surface area contributed by atoms with Gasteiger partial charge in [-0.1, -0.05) is 41.4 Å². The Labute approximate surface area is 181 Å². The zero-order chi connectivity index (χ0) is 20.6. The third-order valence-electron chi connectivity index (χ3n) is 4.62. The molecule has 0 radical (unpaired) electrons. The second-order valence-electron chi connectivity index (χ2n) is 6.35. The molecule has 1 aliphatic rings. The van der Waals surface area contributed by atoms with E-state index in [1.165, 1.54) is 15.1 Å². The van der Waals surface area contributed by atoms with Gasteiger partial charge in [-0.05, 0) is 24.3 Å². The average Bonchev–Trinajstić information content (AvgIpc) is 3.18. The molecule has 0 unspecified atom stereocenters. The maximum absolute atomic E-state index is 12.7. The molecule has 1 aliphatic heterocycles. The van der Waals surface area contributed by atoms with E-state index in [1.54, 1.807) is 24.4 Å². The summed E-state index contributed by atoms with van der Waals surface area (Å²) in [5, 5.41) is 4.30. The van der Waals surface area contributed by atoms with Crippen LogP contribution in [0.25, 0.3) is 5.69 Å². The zero-order valence-electron chi connectivity index (χ0n) is 15.0. The van der Waals surface area contributed by atoms with Crippen molar-refractivity contribution in [2.45, 2.75) is 4.21 Å². The molecule has 1 fully saturated rings. The largest absolute Gasteiger partial charge is 0.366 e. The normalized spacial score (nSPS) is 15.6. The summed E-state index contributed by atoms with van der Waals surface area (Å²) in [7, 11) is -3.58. The van der Waals surface area contributed by atoms with Gasteiger partial charge in [0.2, 0.25) is 0 Å². The highest BCUT2D eigenvalue weighted by molar-refractivity contribution is 7.91. The van der Waals surface area contributed by atoms with Gasteiger partial charge in [0.05, 0.1) is 21.9 Å². The first kappa shape index (κ1) is 20.4. The fourth-order valence-electron chi connectivity index (χ4n) is 3.13. The molecule has 0 amide bonds. The highest BCUT2D eigenvalue weighted by Gasteiger charge is 2.30. The second-order valence-corrected chi connectivity index (χ2v) is 10.6. The molecule has 0 bridgehead atoms. The summed E-state index contributed by atoms with van der Waals surface area (Å²) in [6.45, 7) is 1.34. The molecule has 152 valence electrons. The van der Waals surface area contributed by atoms with Gasteiger partial charge in [-0.2, -0.15) is 14.1 Å². The summed E-state index contributed by atoms with van der Waals surface area (Å²) in [4.78, 5) is 14.5. The van der Waals surface area contributed by atoms with Crippen LogP contribution in [-0.4, -0.2) is 48.7 Å². The van der Waals surface area contributed by atoms with Gasteiger partial charge < -0.3 is 4.90 Å². The molecule has 1 aromatic carbocycles. The van der Waals surface area contributed by atoms with E-state index in [2.05, 4.69) is 5.10 Å². The van der Waals surface area contributed by atoms with Crippen molar-refractivity contribution in [3.8, 4) is 5.69 Å². The van der Waals surface area contributed by atoms with E-state index < -0.39 is 15.6 Å². The highest BCUT2D eigenvalue weighted by Crippen LogP contribution is 2.30. The van der Waals surface area contributed by atoms with E-state index >= 15 is 0 Å². The SMILES string of the molecule is O=c1c(Cl)c(N2CCN(S(=O)(=O)c3ccc(Cl)s3)CC2)cnn1-c1ccccc1. The van der Waals surface area contributed by atoms with Gasteiger partial charge in [-0.3, -0.25) is 4.79 Å². The smallest absolute Gasteiger partial charge is 0.292 e. The van der Waals surface area contributed by atoms with E-state index in [0.29, 0.717) is 28.8 Å². The molecule has 3 aromatic rings. The van der Waals surface area contributed by atoms with Crippen molar-refractivity contribution >= 4 is 50.2 Å². The Morgan fingerprint density at radius 3 is 2.28 bits per heavy atom. The first-order chi connectivity index (χ1) is 13.9. The Morgan fingerprint density at radius 2 is 1.66 bits per heavy atom. The van der Waals surface area contributed by atoms with Crippen LogP contribution in [0.1, 0.15) is 0 Å². The molecular formula is C18H16Cl2N4O3S2. The maximum atomic E-state index is 12.7. The summed E-state index contributed by atoms with van der Waals surface area (Å²) >= 11 is 13.3. The lowest BCUT2D eigenvalue weighted by Crippen LogP contribution is -2.49. The molecule has 0 atom stereocenters. The van der Waals surface area contributed by atoms with Crippen molar-refractivity contribution in [1.82, 2.24) is 14.1 Å². The van der Waals surface area contributed by atoms with Crippen LogP contribution in [-0.2, 0) is 10.0 Å². The summed E-state index contributed by atoms with van der Waals surface area (Å²) in [5.74, 6) is 0. The first-order valence-electron chi connectivity index (χ1n) is 8.71. The van der Waals surface area contributed by atoms with Gasteiger partial charge in [0.25, 0.3) is 15.6 Å². The number of thiophene rings is 1. The Bertz CT molecular complexity index is 1190. The van der Waals surface area contributed by atoms with E-state index in [1.807, 2.05) is 23.1 Å². The lowest BCUT2D eigenvalue weighted by molar-refractivity contribution is 0.385. The second kappa shape index (κ2) is 8.08. The molecule has 0 saturated carbocycles. The molecule has 0 N–H and O–H groups in total. The molecule has 29 heavy (non-hydrogen) atoms. The number of para-hydroxylation sites is 1. The van der Waals surface area contributed by atoms with Crippen LogP contribution >= 0.6 is 34.5 Å². The third kappa shape index (κ3) is 3.93. The summed E-state index contributed by atoms with van der Waals surface area (Å²) in [6, 6.07) is 12.1. The molecule has 2 aromatic heterocycles. The summed E-state index contributed by atoms with van der Waals surface area (Å²) in [6.07, 6.45) is 1.54. The molecular weight excluding hydrogens is 455 g/mol. The van der Waals surface area contributed by atoms with Crippen molar-refractivity contribution < 1.29 is 8.42 Å². The monoisotopic (exact) mass is 470 g/mol. The van der Waals surface area contributed by atoms with Gasteiger partial charge in [0.15, 0.2) is 0 Å². The van der Waals surface area contributed by atoms with E-state index in [0.717, 1.165) is 11.3 Å². The van der Waals surface area contributed by atoms with Crippen molar-refractivity contribution in [2.75, 3.05) is 31.1 Å². The Morgan fingerprint density at radius 1 is 0.966 bits per heavy atom. The van der Waals surface area contributed by atoms with E-state index in [4.69, 9.17) is 23.2 Å². The summed E-state index contributed by atoms with van der Waals surface area (Å²) < 4.78 is 28.8. The number of piperazine rings is 1. The molecule has 1 saturated heterocycles. The Kier molecular flexibility index (Phi) is 5.67. The summed E-state index contributed by atoms with van der Waals surface area (Å²) in [5.41, 5.74) is 0.704. The minimum absolute atomic E-state index is 0.0604. The number of benzene rings is 1. The number of halogens is 2. The molecule has 7 nitrogen and oxygen atoms in total. The Balaban J connectivity index is 1.53. The molecule has 3 heterocycles. The number of hydrogen-bond acceptors (Lipinski definition) is 6. The van der Waals surface area contributed by atoms with Gasteiger partial charge in [-0.15, -0.1) is 11.3 Å². The predicted octanol–water partition coefficient (Wildman–Crippen LogP) is 3.11. The molecule has 4 rings (SSSR count). The number of nitrogens with zero attached hydrogens (tertiary/aromatic N) is 4. The maximum Gasteiger partial charge on any atom is 0.292 e.